The molecule has 0 spiro atoms. The summed E-state index contributed by atoms with van der Waals surface area (Å²) in [5.74, 6) is 0. The van der Waals surface area contributed by atoms with Crippen molar-refractivity contribution in [2.75, 3.05) is 0 Å². The zero-order valence-electron chi connectivity index (χ0n) is 2.70. The molecule has 0 amide bonds. The fraction of sp³-hybridized carbons (Fsp3) is 1.00. The highest BCUT2D eigenvalue weighted by molar-refractivity contribution is 6.38. The van der Waals surface area contributed by atoms with E-state index >= 15 is 0 Å². The SMILES string of the molecule is C1C[SiH]C1. The smallest absolute Gasteiger partial charge is 0.0279 e. The van der Waals surface area contributed by atoms with Gasteiger partial charge in [0.25, 0.3) is 0 Å². The van der Waals surface area contributed by atoms with Crippen molar-refractivity contribution in [2.45, 2.75) is 18.5 Å². The standard InChI is InChI=1S/C3H7Si/c1-2-4-3-1/h4H,1-3H2. The van der Waals surface area contributed by atoms with Crippen LogP contribution in [0.3, 0.4) is 0 Å². The molecule has 0 aromatic rings. The van der Waals surface area contributed by atoms with Crippen molar-refractivity contribution < 1.29 is 0 Å². The maximum atomic E-state index is 1.58. The van der Waals surface area contributed by atoms with Gasteiger partial charge in [0.15, 0.2) is 0 Å². The van der Waals surface area contributed by atoms with Crippen LogP contribution in [0, 0.1) is 0 Å². The summed E-state index contributed by atoms with van der Waals surface area (Å²) in [6, 6.07) is 3.17. The maximum absolute atomic E-state index is 1.58. The van der Waals surface area contributed by atoms with E-state index in [-0.39, 0.29) is 0 Å². The second-order valence-corrected chi connectivity index (χ2v) is 2.95. The maximum Gasteiger partial charge on any atom is 0.0279 e. The van der Waals surface area contributed by atoms with Gasteiger partial charge in [-0.15, -0.1) is 0 Å². The van der Waals surface area contributed by atoms with E-state index in [1.54, 1.807) is 12.1 Å². The van der Waals surface area contributed by atoms with Crippen molar-refractivity contribution in [3.8, 4) is 0 Å². The van der Waals surface area contributed by atoms with Gasteiger partial charge in [0.05, 0.1) is 0 Å². The van der Waals surface area contributed by atoms with Crippen LogP contribution in [0.5, 0.6) is 0 Å². The van der Waals surface area contributed by atoms with Gasteiger partial charge in [-0.2, -0.15) is 0 Å². The lowest BCUT2D eigenvalue weighted by Crippen LogP contribution is -1.98. The molecule has 0 aromatic heterocycles. The molecule has 0 aliphatic carbocycles. The van der Waals surface area contributed by atoms with E-state index in [2.05, 4.69) is 0 Å². The van der Waals surface area contributed by atoms with E-state index in [0.717, 1.165) is 9.52 Å². The molecule has 0 N–H and O–H groups in total. The summed E-state index contributed by atoms with van der Waals surface area (Å²) in [6.45, 7) is 0. The van der Waals surface area contributed by atoms with Gasteiger partial charge in [-0.25, -0.2) is 0 Å². The van der Waals surface area contributed by atoms with Gasteiger partial charge in [0, 0.05) is 9.52 Å². The van der Waals surface area contributed by atoms with Crippen molar-refractivity contribution in [2.24, 2.45) is 0 Å². The number of hydrogen-bond acceptors (Lipinski definition) is 0. The third-order valence-corrected chi connectivity index (χ3v) is 2.45. The van der Waals surface area contributed by atoms with Crippen molar-refractivity contribution in [3.05, 3.63) is 0 Å². The van der Waals surface area contributed by atoms with Crippen LogP contribution in [0.1, 0.15) is 6.42 Å². The third kappa shape index (κ3) is 0.185. The molecule has 0 saturated carbocycles. The molecule has 1 fully saturated rings. The first-order valence-electron chi connectivity index (χ1n) is 1.82. The molecular formula is C3H7Si. The summed E-state index contributed by atoms with van der Waals surface area (Å²) in [6.07, 6.45) is 1.54. The van der Waals surface area contributed by atoms with E-state index in [0.29, 0.717) is 0 Å². The highest BCUT2D eigenvalue weighted by Crippen LogP contribution is 2.07. The Balaban J connectivity index is 2.00. The van der Waals surface area contributed by atoms with E-state index in [4.69, 9.17) is 0 Å². The van der Waals surface area contributed by atoms with Crippen LogP contribution in [-0.2, 0) is 0 Å². The summed E-state index contributed by atoms with van der Waals surface area (Å²) in [5.41, 5.74) is 0. The summed E-state index contributed by atoms with van der Waals surface area (Å²) in [4.78, 5) is 0. The van der Waals surface area contributed by atoms with Crippen LogP contribution in [0.2, 0.25) is 12.1 Å². The van der Waals surface area contributed by atoms with Crippen molar-refractivity contribution in [3.63, 3.8) is 0 Å². The quantitative estimate of drug-likeness (QED) is 0.368. The molecule has 0 unspecified atom stereocenters. The molecule has 1 aliphatic heterocycles. The van der Waals surface area contributed by atoms with Crippen LogP contribution < -0.4 is 0 Å². The summed E-state index contributed by atoms with van der Waals surface area (Å²) < 4.78 is 0. The first-order valence-corrected chi connectivity index (χ1v) is 3.45. The Bertz CT molecular complexity index is 11.2. The van der Waals surface area contributed by atoms with Crippen LogP contribution in [-0.4, -0.2) is 9.52 Å². The minimum atomic E-state index is 0.963. The van der Waals surface area contributed by atoms with Crippen LogP contribution in [0.15, 0.2) is 0 Å². The Morgan fingerprint density at radius 3 is 1.50 bits per heavy atom. The Labute approximate surface area is 29.0 Å². The molecule has 0 aromatic carbocycles. The fourth-order valence-corrected chi connectivity index (χ4v) is 0.612. The average Bonchev–Trinajstić information content (AvgIpc) is 0.722. The fourth-order valence-electron chi connectivity index (χ4n) is 0.204. The number of hydrogen-bond donors (Lipinski definition) is 0. The molecule has 1 heteroatoms. The van der Waals surface area contributed by atoms with Gasteiger partial charge in [-0.05, 0) is 0 Å². The second kappa shape index (κ2) is 0.889. The molecule has 1 heterocycles. The normalized spacial score (nSPS) is 24.0. The van der Waals surface area contributed by atoms with Gasteiger partial charge >= 0.3 is 0 Å². The van der Waals surface area contributed by atoms with E-state index in [9.17, 15) is 0 Å². The Hall–Kier alpha value is 0.217. The molecule has 0 atom stereocenters. The first kappa shape index (κ1) is 2.45. The monoisotopic (exact) mass is 71.0 g/mol. The molecule has 1 saturated heterocycles. The first-order chi connectivity index (χ1) is 2.00. The molecular weight excluding hydrogens is 64.1 g/mol. The van der Waals surface area contributed by atoms with E-state index < -0.39 is 0 Å². The van der Waals surface area contributed by atoms with Gasteiger partial charge in [-0.1, -0.05) is 18.5 Å². The highest BCUT2D eigenvalue weighted by atomic mass is 28.2. The van der Waals surface area contributed by atoms with Gasteiger partial charge in [0.1, 0.15) is 0 Å². The summed E-state index contributed by atoms with van der Waals surface area (Å²) >= 11 is 0. The Morgan fingerprint density at radius 2 is 1.50 bits per heavy atom. The van der Waals surface area contributed by atoms with Crippen LogP contribution >= 0.6 is 0 Å². The van der Waals surface area contributed by atoms with Gasteiger partial charge < -0.3 is 0 Å². The number of rotatable bonds is 0. The van der Waals surface area contributed by atoms with E-state index in [1.807, 2.05) is 0 Å². The molecule has 0 nitrogen and oxygen atoms in total. The minimum Gasteiger partial charge on any atom is -0.0623 e. The molecule has 1 aliphatic rings. The predicted octanol–water partition coefficient (Wildman–Crippen LogP) is 0.663. The third-order valence-electron chi connectivity index (χ3n) is 0.816. The lowest BCUT2D eigenvalue weighted by Gasteiger charge is -2.04. The lowest BCUT2D eigenvalue weighted by molar-refractivity contribution is 0.971. The average molecular weight is 71.2 g/mol. The van der Waals surface area contributed by atoms with E-state index in [1.165, 1.54) is 6.42 Å². The van der Waals surface area contributed by atoms with Gasteiger partial charge in [-0.3, -0.25) is 0 Å². The molecule has 0 bridgehead atoms. The highest BCUT2D eigenvalue weighted by Gasteiger charge is 1.96. The summed E-state index contributed by atoms with van der Waals surface area (Å²) in [7, 11) is 0.963. The summed E-state index contributed by atoms with van der Waals surface area (Å²) in [5, 5.41) is 0. The molecule has 4 heavy (non-hydrogen) atoms. The zero-order chi connectivity index (χ0) is 2.83. The molecule has 23 valence electrons. The van der Waals surface area contributed by atoms with Crippen LogP contribution in [0.25, 0.3) is 0 Å². The topological polar surface area (TPSA) is 0 Å². The molecule has 1 radical (unpaired) electrons. The van der Waals surface area contributed by atoms with Crippen molar-refractivity contribution in [1.82, 2.24) is 0 Å². The zero-order valence-corrected chi connectivity index (χ0v) is 3.85. The van der Waals surface area contributed by atoms with Crippen LogP contribution in [0.4, 0.5) is 0 Å². The molecule has 1 rings (SSSR count). The predicted molar refractivity (Wildman–Crippen MR) is 21.4 cm³/mol. The lowest BCUT2D eigenvalue weighted by atomic mass is 10.5. The van der Waals surface area contributed by atoms with Crippen molar-refractivity contribution >= 4 is 9.52 Å². The Kier molecular flexibility index (Phi) is 0.545. The largest absolute Gasteiger partial charge is 0.0623 e. The minimum absolute atomic E-state index is 0.963. The Morgan fingerprint density at radius 1 is 1.25 bits per heavy atom. The van der Waals surface area contributed by atoms with Gasteiger partial charge in [0.2, 0.25) is 0 Å². The van der Waals surface area contributed by atoms with Crippen molar-refractivity contribution in [1.29, 1.82) is 0 Å². The second-order valence-electron chi connectivity index (χ2n) is 1.22.